The first-order valence-corrected chi connectivity index (χ1v) is 5.34. The fourth-order valence-corrected chi connectivity index (χ4v) is 2.16. The van der Waals surface area contributed by atoms with Gasteiger partial charge in [-0.05, 0) is 18.8 Å². The zero-order valence-electron chi connectivity index (χ0n) is 8.62. The summed E-state index contributed by atoms with van der Waals surface area (Å²) in [5.74, 6) is 0.712. The lowest BCUT2D eigenvalue weighted by Gasteiger charge is -2.32. The van der Waals surface area contributed by atoms with Gasteiger partial charge in [0.2, 0.25) is 0 Å². The van der Waals surface area contributed by atoms with E-state index in [1.54, 1.807) is 0 Å². The molecule has 74 valence electrons. The van der Waals surface area contributed by atoms with Gasteiger partial charge in [0.25, 0.3) is 0 Å². The Morgan fingerprint density at radius 1 is 1.46 bits per heavy atom. The highest BCUT2D eigenvalue weighted by atomic mass is 16.5. The van der Waals surface area contributed by atoms with Gasteiger partial charge in [-0.1, -0.05) is 26.7 Å². The van der Waals surface area contributed by atoms with Crippen molar-refractivity contribution in [1.29, 1.82) is 5.26 Å². The van der Waals surface area contributed by atoms with E-state index in [-0.39, 0.29) is 12.0 Å². The molecule has 1 heterocycles. The van der Waals surface area contributed by atoms with Crippen molar-refractivity contribution in [2.24, 2.45) is 11.8 Å². The number of hydrogen-bond donors (Lipinski definition) is 0. The van der Waals surface area contributed by atoms with Gasteiger partial charge in [0.15, 0.2) is 0 Å². The van der Waals surface area contributed by atoms with Crippen molar-refractivity contribution in [1.82, 2.24) is 0 Å². The summed E-state index contributed by atoms with van der Waals surface area (Å²) in [7, 11) is 0. The molecule has 1 saturated heterocycles. The van der Waals surface area contributed by atoms with E-state index in [1.165, 1.54) is 0 Å². The molecule has 0 aliphatic carbocycles. The van der Waals surface area contributed by atoms with E-state index in [0.717, 1.165) is 32.3 Å². The van der Waals surface area contributed by atoms with E-state index in [1.807, 2.05) is 0 Å². The molecule has 1 fully saturated rings. The van der Waals surface area contributed by atoms with Crippen molar-refractivity contribution in [2.45, 2.75) is 45.6 Å². The summed E-state index contributed by atoms with van der Waals surface area (Å²) in [5.41, 5.74) is 0. The smallest absolute Gasteiger partial charge is 0.0761 e. The van der Waals surface area contributed by atoms with Gasteiger partial charge >= 0.3 is 0 Å². The van der Waals surface area contributed by atoms with E-state index >= 15 is 0 Å². The Labute approximate surface area is 80.9 Å². The number of nitrogens with zero attached hydrogens (tertiary/aromatic N) is 1. The molecular formula is C11H19NO. The molecule has 0 N–H and O–H groups in total. The third kappa shape index (κ3) is 2.45. The van der Waals surface area contributed by atoms with Gasteiger partial charge in [-0.15, -0.1) is 0 Å². The molecule has 1 aliphatic heterocycles. The lowest BCUT2D eigenvalue weighted by atomic mass is 9.84. The summed E-state index contributed by atoms with van der Waals surface area (Å²) in [6, 6.07) is 2.38. The van der Waals surface area contributed by atoms with E-state index in [2.05, 4.69) is 19.9 Å². The van der Waals surface area contributed by atoms with Crippen LogP contribution in [0.15, 0.2) is 0 Å². The normalized spacial score (nSPS) is 28.8. The maximum absolute atomic E-state index is 8.97. The highest BCUT2D eigenvalue weighted by Crippen LogP contribution is 2.29. The van der Waals surface area contributed by atoms with Gasteiger partial charge in [-0.3, -0.25) is 0 Å². The molecule has 2 heteroatoms. The lowest BCUT2D eigenvalue weighted by molar-refractivity contribution is -0.0460. The summed E-state index contributed by atoms with van der Waals surface area (Å²) in [6.45, 7) is 5.21. The predicted octanol–water partition coefficient (Wildman–Crippen LogP) is 2.74. The van der Waals surface area contributed by atoms with Crippen molar-refractivity contribution in [3.63, 3.8) is 0 Å². The standard InChI is InChI=1S/C11H19NO/c1-3-9(4-2)11-10(8-12)6-5-7-13-11/h9-11H,3-7H2,1-2H3. The van der Waals surface area contributed by atoms with Gasteiger partial charge < -0.3 is 4.74 Å². The molecule has 0 aromatic heterocycles. The Balaban J connectivity index is 2.58. The van der Waals surface area contributed by atoms with Crippen LogP contribution in [-0.4, -0.2) is 12.7 Å². The molecule has 0 amide bonds. The van der Waals surface area contributed by atoms with E-state index in [4.69, 9.17) is 10.00 Å². The van der Waals surface area contributed by atoms with Gasteiger partial charge in [0, 0.05) is 6.61 Å². The van der Waals surface area contributed by atoms with Crippen LogP contribution in [0.3, 0.4) is 0 Å². The summed E-state index contributed by atoms with van der Waals surface area (Å²) in [6.07, 6.45) is 4.53. The Bertz CT molecular complexity index is 181. The summed E-state index contributed by atoms with van der Waals surface area (Å²) in [5, 5.41) is 8.97. The van der Waals surface area contributed by atoms with Crippen LogP contribution in [0.25, 0.3) is 0 Å². The fraction of sp³-hybridized carbons (Fsp3) is 0.909. The van der Waals surface area contributed by atoms with Crippen LogP contribution in [0, 0.1) is 23.2 Å². The van der Waals surface area contributed by atoms with Crippen LogP contribution < -0.4 is 0 Å². The fourth-order valence-electron chi connectivity index (χ4n) is 2.16. The van der Waals surface area contributed by atoms with Gasteiger partial charge in [-0.25, -0.2) is 0 Å². The van der Waals surface area contributed by atoms with Crippen molar-refractivity contribution in [3.8, 4) is 6.07 Å². The van der Waals surface area contributed by atoms with Gasteiger partial charge in [-0.2, -0.15) is 5.26 Å². The minimum absolute atomic E-state index is 0.138. The van der Waals surface area contributed by atoms with Crippen LogP contribution in [0.5, 0.6) is 0 Å². The lowest BCUT2D eigenvalue weighted by Crippen LogP contribution is -2.35. The summed E-state index contributed by atoms with van der Waals surface area (Å²) >= 11 is 0. The topological polar surface area (TPSA) is 33.0 Å². The first-order valence-electron chi connectivity index (χ1n) is 5.34. The molecule has 2 nitrogen and oxygen atoms in total. The Morgan fingerprint density at radius 3 is 2.69 bits per heavy atom. The second-order valence-corrected chi connectivity index (χ2v) is 3.79. The Morgan fingerprint density at radius 2 is 2.15 bits per heavy atom. The van der Waals surface area contributed by atoms with E-state index < -0.39 is 0 Å². The molecule has 0 saturated carbocycles. The molecule has 0 spiro atoms. The molecule has 0 aromatic rings. The van der Waals surface area contributed by atoms with Gasteiger partial charge in [0.05, 0.1) is 18.1 Å². The zero-order valence-corrected chi connectivity index (χ0v) is 8.62. The van der Waals surface area contributed by atoms with Crippen LogP contribution in [0.2, 0.25) is 0 Å². The maximum atomic E-state index is 8.97. The minimum atomic E-state index is 0.138. The molecule has 1 aliphatic rings. The molecule has 13 heavy (non-hydrogen) atoms. The van der Waals surface area contributed by atoms with E-state index in [0.29, 0.717) is 5.92 Å². The highest BCUT2D eigenvalue weighted by molar-refractivity contribution is 4.93. The monoisotopic (exact) mass is 181 g/mol. The van der Waals surface area contributed by atoms with E-state index in [9.17, 15) is 0 Å². The highest BCUT2D eigenvalue weighted by Gasteiger charge is 2.30. The second-order valence-electron chi connectivity index (χ2n) is 3.79. The molecule has 1 rings (SSSR count). The Kier molecular flexibility index (Phi) is 4.24. The number of nitriles is 1. The van der Waals surface area contributed by atoms with Crippen LogP contribution in [0.1, 0.15) is 39.5 Å². The SMILES string of the molecule is CCC(CC)C1OCCCC1C#N. The number of ether oxygens (including phenoxy) is 1. The average molecular weight is 181 g/mol. The van der Waals surface area contributed by atoms with Crippen LogP contribution in [-0.2, 0) is 4.74 Å². The number of rotatable bonds is 3. The molecule has 0 radical (unpaired) electrons. The summed E-state index contributed by atoms with van der Waals surface area (Å²) in [4.78, 5) is 0. The largest absolute Gasteiger partial charge is 0.377 e. The second kappa shape index (κ2) is 5.24. The molecule has 0 bridgehead atoms. The molecule has 2 unspecified atom stereocenters. The minimum Gasteiger partial charge on any atom is -0.377 e. The number of hydrogen-bond acceptors (Lipinski definition) is 2. The van der Waals surface area contributed by atoms with Crippen molar-refractivity contribution in [3.05, 3.63) is 0 Å². The first-order chi connectivity index (χ1) is 6.33. The average Bonchev–Trinajstić information content (AvgIpc) is 2.20. The third-order valence-corrected chi connectivity index (χ3v) is 3.05. The quantitative estimate of drug-likeness (QED) is 0.670. The van der Waals surface area contributed by atoms with Crippen LogP contribution in [0.4, 0.5) is 0 Å². The first kappa shape index (κ1) is 10.5. The van der Waals surface area contributed by atoms with Crippen molar-refractivity contribution >= 4 is 0 Å². The van der Waals surface area contributed by atoms with Crippen LogP contribution >= 0.6 is 0 Å². The van der Waals surface area contributed by atoms with Crippen molar-refractivity contribution in [2.75, 3.05) is 6.61 Å². The Hall–Kier alpha value is -0.550. The molecule has 0 aromatic carbocycles. The molecule has 2 atom stereocenters. The predicted molar refractivity (Wildman–Crippen MR) is 52.1 cm³/mol. The third-order valence-electron chi connectivity index (χ3n) is 3.05. The maximum Gasteiger partial charge on any atom is 0.0761 e. The summed E-state index contributed by atoms with van der Waals surface area (Å²) < 4.78 is 5.70. The van der Waals surface area contributed by atoms with Gasteiger partial charge in [0.1, 0.15) is 0 Å². The molecular weight excluding hydrogens is 162 g/mol. The zero-order chi connectivity index (χ0) is 9.68. The van der Waals surface area contributed by atoms with Crippen molar-refractivity contribution < 1.29 is 4.74 Å².